The monoisotopic (exact) mass is 116 g/mol. The lowest BCUT2D eigenvalue weighted by Gasteiger charge is -1.88. The Morgan fingerprint density at radius 3 is 2.38 bits per heavy atom. The van der Waals surface area contributed by atoms with Gasteiger partial charge in [0.25, 0.3) is 6.19 Å². The van der Waals surface area contributed by atoms with E-state index in [1.54, 1.807) is 5.29 Å². The van der Waals surface area contributed by atoms with Crippen LogP contribution in [0.2, 0.25) is 0 Å². The summed E-state index contributed by atoms with van der Waals surface area (Å²) in [6.07, 6.45) is 0.906. The van der Waals surface area contributed by atoms with Crippen molar-refractivity contribution in [3.05, 3.63) is 15.0 Å². The van der Waals surface area contributed by atoms with Gasteiger partial charge in [0, 0.05) is 4.91 Å². The van der Waals surface area contributed by atoms with Crippen LogP contribution in [0.1, 0.15) is 0 Å². The maximum Gasteiger partial charge on any atom is 0.326 e. The minimum atomic E-state index is -1.23. The predicted octanol–water partition coefficient (Wildman–Crippen LogP) is -0.357. The number of hydrogen-bond donors (Lipinski definition) is 0. The van der Waals surface area contributed by atoms with Gasteiger partial charge in [-0.15, -0.1) is 0 Å². The van der Waals surface area contributed by atoms with Crippen LogP contribution >= 0.6 is 0 Å². The van der Waals surface area contributed by atoms with Gasteiger partial charge < -0.3 is 10.1 Å². The van der Waals surface area contributed by atoms with Crippen LogP contribution in [0.25, 0.3) is 0 Å². The molecule has 0 aliphatic heterocycles. The molecule has 0 saturated heterocycles. The maximum atomic E-state index is 9.38. The second-order valence-corrected chi connectivity index (χ2v) is 0.709. The fourth-order valence-corrected chi connectivity index (χ4v) is 0.0846. The minimum Gasteiger partial charge on any atom is -0.338 e. The molecule has 7 heteroatoms. The van der Waals surface area contributed by atoms with Crippen LogP contribution in [0.5, 0.6) is 0 Å². The molecule has 8 heavy (non-hydrogen) atoms. The van der Waals surface area contributed by atoms with E-state index < -0.39 is 10.2 Å². The van der Waals surface area contributed by atoms with E-state index in [4.69, 9.17) is 5.26 Å². The number of nitriles is 1. The van der Waals surface area contributed by atoms with Gasteiger partial charge in [0.05, 0.1) is 5.03 Å². The third-order valence-electron chi connectivity index (χ3n) is 0.321. The average Bonchev–Trinajstić information content (AvgIpc) is 1.69. The number of hydrogen-bond acceptors (Lipinski definition) is 5. The van der Waals surface area contributed by atoms with E-state index in [0.29, 0.717) is 0 Å². The van der Waals surface area contributed by atoms with Crippen molar-refractivity contribution < 1.29 is 5.03 Å². The van der Waals surface area contributed by atoms with Gasteiger partial charge >= 0.3 is 5.29 Å². The van der Waals surface area contributed by atoms with E-state index in [9.17, 15) is 15.0 Å². The molecule has 0 bridgehead atoms. The quantitative estimate of drug-likeness (QED) is 0.161. The number of nitroso groups, excluding NO2 is 1. The van der Waals surface area contributed by atoms with Gasteiger partial charge in [0.1, 0.15) is 5.12 Å². The van der Waals surface area contributed by atoms with Crippen LogP contribution in [0.3, 0.4) is 0 Å². The largest absolute Gasteiger partial charge is 0.338 e. The molecule has 7 nitrogen and oxygen atoms in total. The lowest BCUT2D eigenvalue weighted by atomic mass is 11.3. The first-order chi connectivity index (χ1) is 3.72. The minimum absolute atomic E-state index is 0.486. The molecular formula is CN4O3. The van der Waals surface area contributed by atoms with Gasteiger partial charge in [-0.3, -0.25) is 0 Å². The molecule has 0 aromatic rings. The van der Waals surface area contributed by atoms with E-state index in [-0.39, 0.29) is 0 Å². The standard InChI is InChI=1S/CN4O3/c2-1-4(3-6)5(7)8. The molecule has 0 aliphatic rings. The number of hydrazine groups is 1. The topological polar surface area (TPSA) is 99.6 Å². The van der Waals surface area contributed by atoms with Gasteiger partial charge in [-0.2, -0.15) is 5.26 Å². The molecule has 0 aromatic carbocycles. The summed E-state index contributed by atoms with van der Waals surface area (Å²) in [5.41, 5.74) is 0. The number of nitro groups is 1. The first kappa shape index (κ1) is 6.29. The smallest absolute Gasteiger partial charge is 0.326 e. The maximum absolute atomic E-state index is 9.38. The molecular weight excluding hydrogens is 116 g/mol. The fraction of sp³-hybridized carbons (Fsp3) is 0. The van der Waals surface area contributed by atoms with Gasteiger partial charge in [-0.25, -0.2) is 0 Å². The van der Waals surface area contributed by atoms with Crippen LogP contribution in [-0.4, -0.2) is 10.2 Å². The van der Waals surface area contributed by atoms with E-state index in [0.717, 1.165) is 6.19 Å². The molecule has 0 saturated carbocycles. The first-order valence-corrected chi connectivity index (χ1v) is 1.39. The zero-order chi connectivity index (χ0) is 6.57. The molecule has 0 heterocycles. The van der Waals surface area contributed by atoms with Crippen molar-refractivity contribution in [2.75, 3.05) is 0 Å². The molecule has 0 fully saturated rings. The Morgan fingerprint density at radius 2 is 2.38 bits per heavy atom. The highest BCUT2D eigenvalue weighted by atomic mass is 16.7. The van der Waals surface area contributed by atoms with Crippen molar-refractivity contribution in [3.63, 3.8) is 0 Å². The lowest BCUT2D eigenvalue weighted by molar-refractivity contribution is -0.637. The first-order valence-electron chi connectivity index (χ1n) is 1.39. The molecule has 0 unspecified atom stereocenters. The Bertz CT molecular complexity index is 146. The van der Waals surface area contributed by atoms with Crippen molar-refractivity contribution in [1.29, 1.82) is 5.26 Å². The lowest BCUT2D eigenvalue weighted by Crippen LogP contribution is -2.16. The Morgan fingerprint density at radius 1 is 1.88 bits per heavy atom. The zero-order valence-corrected chi connectivity index (χ0v) is 3.51. The Balaban J connectivity index is 3.95. The molecule has 0 amide bonds. The Labute approximate surface area is 43.2 Å². The summed E-state index contributed by atoms with van der Waals surface area (Å²) < 4.78 is 0. The molecule has 0 N–H and O–H groups in total. The zero-order valence-electron chi connectivity index (χ0n) is 3.51. The van der Waals surface area contributed by atoms with Crippen LogP contribution in [-0.2, 0) is 0 Å². The molecule has 0 rings (SSSR count). The van der Waals surface area contributed by atoms with Crippen LogP contribution < -0.4 is 0 Å². The summed E-state index contributed by atoms with van der Waals surface area (Å²) >= 11 is 0. The van der Waals surface area contributed by atoms with Crippen LogP contribution in [0.15, 0.2) is 5.29 Å². The van der Waals surface area contributed by atoms with Gasteiger partial charge in [-0.05, 0) is 0 Å². The molecule has 0 aromatic heterocycles. The van der Waals surface area contributed by atoms with Crippen molar-refractivity contribution in [1.82, 2.24) is 5.12 Å². The summed E-state index contributed by atoms with van der Waals surface area (Å²) in [5, 5.41) is 17.0. The van der Waals surface area contributed by atoms with E-state index in [1.807, 2.05) is 0 Å². The predicted molar refractivity (Wildman–Crippen MR) is 20.2 cm³/mol. The van der Waals surface area contributed by atoms with Gasteiger partial charge in [0.15, 0.2) is 0 Å². The van der Waals surface area contributed by atoms with Gasteiger partial charge in [0.2, 0.25) is 0 Å². The molecule has 0 aliphatic carbocycles. The third kappa shape index (κ3) is 1.17. The van der Waals surface area contributed by atoms with Crippen LogP contribution in [0.4, 0.5) is 0 Å². The number of nitrogens with zero attached hydrogens (tertiary/aromatic N) is 4. The summed E-state index contributed by atoms with van der Waals surface area (Å²) in [4.78, 5) is 18.6. The van der Waals surface area contributed by atoms with E-state index >= 15 is 0 Å². The molecule has 0 radical (unpaired) electrons. The van der Waals surface area contributed by atoms with E-state index in [2.05, 4.69) is 0 Å². The SMILES string of the molecule is N#CN(N=O)[N+](=O)[O-]. The highest BCUT2D eigenvalue weighted by Crippen LogP contribution is 1.81. The summed E-state index contributed by atoms with van der Waals surface area (Å²) in [5.74, 6) is 0. The van der Waals surface area contributed by atoms with Crippen molar-refractivity contribution in [2.45, 2.75) is 0 Å². The second kappa shape index (κ2) is 2.46. The summed E-state index contributed by atoms with van der Waals surface area (Å²) in [6.45, 7) is 0. The van der Waals surface area contributed by atoms with Crippen molar-refractivity contribution in [2.24, 2.45) is 5.29 Å². The van der Waals surface area contributed by atoms with Crippen molar-refractivity contribution >= 4 is 0 Å². The van der Waals surface area contributed by atoms with Crippen LogP contribution in [0, 0.1) is 26.5 Å². The second-order valence-electron chi connectivity index (χ2n) is 0.709. The Hall–Kier alpha value is -1.71. The highest BCUT2D eigenvalue weighted by Gasteiger charge is 2.11. The molecule has 0 spiro atoms. The van der Waals surface area contributed by atoms with E-state index in [1.165, 1.54) is 0 Å². The molecule has 42 valence electrons. The van der Waals surface area contributed by atoms with Crippen molar-refractivity contribution in [3.8, 4) is 6.19 Å². The Kier molecular flexibility index (Phi) is 1.93. The molecule has 0 atom stereocenters. The fourth-order valence-electron chi connectivity index (χ4n) is 0.0846. The average molecular weight is 116 g/mol. The summed E-state index contributed by atoms with van der Waals surface area (Å²) in [6, 6.07) is 0. The van der Waals surface area contributed by atoms with Gasteiger partial charge in [-0.1, -0.05) is 0 Å². The number of rotatable bonds is 2. The third-order valence-corrected chi connectivity index (χ3v) is 0.321. The normalized spacial score (nSPS) is 6.88. The highest BCUT2D eigenvalue weighted by molar-refractivity contribution is 4.56. The summed E-state index contributed by atoms with van der Waals surface area (Å²) in [7, 11) is 0.